The highest BCUT2D eigenvalue weighted by molar-refractivity contribution is 7.99. The number of imide groups is 1. The number of furan rings is 1. The first kappa shape index (κ1) is 15.5. The summed E-state index contributed by atoms with van der Waals surface area (Å²) in [4.78, 5) is 40.0. The van der Waals surface area contributed by atoms with Crippen LogP contribution in [0.15, 0.2) is 44.2 Å². The number of hydrogen-bond acceptors (Lipinski definition) is 7. The van der Waals surface area contributed by atoms with Crippen LogP contribution in [-0.2, 0) is 11.8 Å². The minimum Gasteiger partial charge on any atom is -0.459 e. The molecule has 0 radical (unpaired) electrons. The molecular formula is C14H11N3O4S2. The lowest BCUT2D eigenvalue weighted by molar-refractivity contribution is -0.117. The summed E-state index contributed by atoms with van der Waals surface area (Å²) in [5.41, 5.74) is 0.451. The van der Waals surface area contributed by atoms with E-state index in [0.29, 0.717) is 15.4 Å². The molecule has 3 aromatic rings. The van der Waals surface area contributed by atoms with Gasteiger partial charge in [0.2, 0.25) is 5.91 Å². The van der Waals surface area contributed by atoms with Crippen LogP contribution in [0.2, 0.25) is 0 Å². The molecule has 0 aliphatic rings. The fourth-order valence-electron chi connectivity index (χ4n) is 1.86. The largest absolute Gasteiger partial charge is 0.459 e. The molecule has 0 aliphatic heterocycles. The van der Waals surface area contributed by atoms with E-state index in [1.165, 1.54) is 28.2 Å². The Kier molecular flexibility index (Phi) is 4.30. The van der Waals surface area contributed by atoms with Gasteiger partial charge in [-0.2, -0.15) is 0 Å². The maximum atomic E-state index is 12.1. The van der Waals surface area contributed by atoms with Crippen LogP contribution in [0.3, 0.4) is 0 Å². The number of thioether (sulfide) groups is 1. The molecule has 0 aliphatic carbocycles. The molecule has 3 aromatic heterocycles. The van der Waals surface area contributed by atoms with Gasteiger partial charge in [-0.25, -0.2) is 4.98 Å². The van der Waals surface area contributed by atoms with Crippen molar-refractivity contribution in [1.29, 1.82) is 0 Å². The fraction of sp³-hybridized carbons (Fsp3) is 0.143. The fourth-order valence-corrected chi connectivity index (χ4v) is 3.44. The van der Waals surface area contributed by atoms with E-state index in [4.69, 9.17) is 4.42 Å². The van der Waals surface area contributed by atoms with Crippen LogP contribution in [0.1, 0.15) is 10.6 Å². The highest BCUT2D eigenvalue weighted by Gasteiger charge is 2.15. The molecule has 0 atom stereocenters. The Morgan fingerprint density at radius 2 is 2.26 bits per heavy atom. The van der Waals surface area contributed by atoms with Gasteiger partial charge >= 0.3 is 0 Å². The van der Waals surface area contributed by atoms with E-state index in [2.05, 4.69) is 10.3 Å². The van der Waals surface area contributed by atoms with Gasteiger partial charge in [0.25, 0.3) is 11.5 Å². The standard InChI is InChI=1S/C14H11N3O4S2/c1-17-13(20)11-8(4-6-22-11)15-14(17)23-7-10(18)16-12(19)9-3-2-5-21-9/h2-6H,7H2,1H3,(H,16,18,19). The monoisotopic (exact) mass is 349 g/mol. The number of nitrogens with one attached hydrogen (secondary N) is 1. The first-order chi connectivity index (χ1) is 11.1. The number of amides is 2. The first-order valence-electron chi connectivity index (χ1n) is 6.51. The average Bonchev–Trinajstić information content (AvgIpc) is 3.20. The van der Waals surface area contributed by atoms with E-state index in [-0.39, 0.29) is 17.1 Å². The normalized spacial score (nSPS) is 10.8. The highest BCUT2D eigenvalue weighted by atomic mass is 32.2. The summed E-state index contributed by atoms with van der Waals surface area (Å²) in [5.74, 6) is -1.07. The Morgan fingerprint density at radius 3 is 3.00 bits per heavy atom. The van der Waals surface area contributed by atoms with Crippen LogP contribution in [0, 0.1) is 0 Å². The molecule has 0 aromatic carbocycles. The minimum atomic E-state index is -0.601. The van der Waals surface area contributed by atoms with E-state index in [1.54, 1.807) is 24.6 Å². The van der Waals surface area contributed by atoms with Crippen LogP contribution in [0.4, 0.5) is 0 Å². The van der Waals surface area contributed by atoms with E-state index < -0.39 is 11.8 Å². The predicted octanol–water partition coefficient (Wildman–Crippen LogP) is 1.64. The van der Waals surface area contributed by atoms with Crippen molar-refractivity contribution in [2.75, 3.05) is 5.75 Å². The smallest absolute Gasteiger partial charge is 0.293 e. The van der Waals surface area contributed by atoms with Gasteiger partial charge in [0, 0.05) is 7.05 Å². The molecule has 3 heterocycles. The number of hydrogen-bond donors (Lipinski definition) is 1. The second kappa shape index (κ2) is 6.39. The first-order valence-corrected chi connectivity index (χ1v) is 8.37. The molecule has 0 spiro atoms. The van der Waals surface area contributed by atoms with Crippen molar-refractivity contribution in [3.63, 3.8) is 0 Å². The van der Waals surface area contributed by atoms with Crippen LogP contribution in [-0.4, -0.2) is 27.1 Å². The zero-order valence-corrected chi connectivity index (χ0v) is 13.6. The summed E-state index contributed by atoms with van der Waals surface area (Å²) in [6.07, 6.45) is 1.35. The second-order valence-electron chi connectivity index (χ2n) is 4.54. The average molecular weight is 349 g/mol. The third kappa shape index (κ3) is 3.20. The third-order valence-electron chi connectivity index (χ3n) is 2.98. The lowest BCUT2D eigenvalue weighted by atomic mass is 10.4. The molecule has 0 fully saturated rings. The number of nitrogens with zero attached hydrogens (tertiary/aromatic N) is 2. The molecule has 23 heavy (non-hydrogen) atoms. The topological polar surface area (TPSA) is 94.2 Å². The highest BCUT2D eigenvalue weighted by Crippen LogP contribution is 2.19. The van der Waals surface area contributed by atoms with Crippen molar-refractivity contribution in [3.8, 4) is 0 Å². The van der Waals surface area contributed by atoms with Gasteiger partial charge < -0.3 is 4.42 Å². The molecule has 0 saturated heterocycles. The Morgan fingerprint density at radius 1 is 1.43 bits per heavy atom. The number of fused-ring (bicyclic) bond motifs is 1. The van der Waals surface area contributed by atoms with Crippen molar-refractivity contribution in [2.45, 2.75) is 5.16 Å². The van der Waals surface area contributed by atoms with E-state index in [1.807, 2.05) is 0 Å². The van der Waals surface area contributed by atoms with Crippen molar-refractivity contribution < 1.29 is 14.0 Å². The molecule has 118 valence electrons. The summed E-state index contributed by atoms with van der Waals surface area (Å²) in [7, 11) is 1.60. The Bertz CT molecular complexity index is 927. The third-order valence-corrected chi connectivity index (χ3v) is 4.90. The second-order valence-corrected chi connectivity index (χ2v) is 6.40. The number of rotatable bonds is 4. The maximum absolute atomic E-state index is 12.1. The molecule has 2 amide bonds. The molecular weight excluding hydrogens is 338 g/mol. The Hall–Kier alpha value is -2.39. The molecule has 0 bridgehead atoms. The summed E-state index contributed by atoms with van der Waals surface area (Å²) in [6, 6.07) is 4.78. The minimum absolute atomic E-state index is 0.0393. The van der Waals surface area contributed by atoms with Crippen LogP contribution >= 0.6 is 23.1 Å². The van der Waals surface area contributed by atoms with Crippen LogP contribution < -0.4 is 10.9 Å². The van der Waals surface area contributed by atoms with Gasteiger partial charge in [0.15, 0.2) is 10.9 Å². The van der Waals surface area contributed by atoms with Crippen molar-refractivity contribution in [1.82, 2.24) is 14.9 Å². The van der Waals surface area contributed by atoms with E-state index in [9.17, 15) is 14.4 Å². The SMILES string of the molecule is Cn1c(SCC(=O)NC(=O)c2ccco2)nc2ccsc2c1=O. The van der Waals surface area contributed by atoms with Gasteiger partial charge in [-0.3, -0.25) is 24.3 Å². The van der Waals surface area contributed by atoms with Gasteiger partial charge in [0.1, 0.15) is 4.70 Å². The summed E-state index contributed by atoms with van der Waals surface area (Å²) in [6.45, 7) is 0. The van der Waals surface area contributed by atoms with Crippen molar-refractivity contribution >= 4 is 45.1 Å². The summed E-state index contributed by atoms with van der Waals surface area (Å²) < 4.78 is 6.88. The quantitative estimate of drug-likeness (QED) is 0.568. The van der Waals surface area contributed by atoms with Gasteiger partial charge in [-0.15, -0.1) is 11.3 Å². The molecule has 0 saturated carbocycles. The predicted molar refractivity (Wildman–Crippen MR) is 86.8 cm³/mol. The lowest BCUT2D eigenvalue weighted by Crippen LogP contribution is -2.31. The Balaban J connectivity index is 1.68. The lowest BCUT2D eigenvalue weighted by Gasteiger charge is -2.06. The van der Waals surface area contributed by atoms with Crippen molar-refractivity contribution in [2.24, 2.45) is 7.05 Å². The zero-order chi connectivity index (χ0) is 16.4. The van der Waals surface area contributed by atoms with E-state index in [0.717, 1.165) is 11.8 Å². The Labute approximate surface area is 138 Å². The number of carbonyl (C=O) groups excluding carboxylic acids is 2. The van der Waals surface area contributed by atoms with E-state index >= 15 is 0 Å². The van der Waals surface area contributed by atoms with Crippen LogP contribution in [0.5, 0.6) is 0 Å². The molecule has 9 heteroatoms. The maximum Gasteiger partial charge on any atom is 0.293 e. The number of aromatic nitrogens is 2. The summed E-state index contributed by atoms with van der Waals surface area (Å²) >= 11 is 2.42. The zero-order valence-electron chi connectivity index (χ0n) is 11.9. The summed E-state index contributed by atoms with van der Waals surface area (Å²) in [5, 5.41) is 4.43. The molecule has 3 rings (SSSR count). The molecule has 1 N–H and O–H groups in total. The van der Waals surface area contributed by atoms with Gasteiger partial charge in [0.05, 0.1) is 17.5 Å². The van der Waals surface area contributed by atoms with Crippen molar-refractivity contribution in [3.05, 3.63) is 46.0 Å². The van der Waals surface area contributed by atoms with Gasteiger partial charge in [-0.1, -0.05) is 11.8 Å². The number of thiophene rings is 1. The van der Waals surface area contributed by atoms with Crippen LogP contribution in [0.25, 0.3) is 10.2 Å². The molecule has 7 nitrogen and oxygen atoms in total. The number of carbonyl (C=O) groups is 2. The molecule has 0 unspecified atom stereocenters. The van der Waals surface area contributed by atoms with Gasteiger partial charge in [-0.05, 0) is 23.6 Å².